The molecule has 6 aromatic rings. The zero-order valence-electron chi connectivity index (χ0n) is 22.2. The Bertz CT molecular complexity index is 1750. The third kappa shape index (κ3) is 4.59. The first-order valence-corrected chi connectivity index (χ1v) is 13.8. The zero-order chi connectivity index (χ0) is 26.2. The maximum atomic E-state index is 5.00. The summed E-state index contributed by atoms with van der Waals surface area (Å²) in [5, 5.41) is 1.05. The number of nitrogens with zero attached hydrogens (tertiary/aromatic N) is 5. The van der Waals surface area contributed by atoms with Crippen LogP contribution in [-0.2, 0) is 6.54 Å². The monoisotopic (exact) mass is 509 g/mol. The van der Waals surface area contributed by atoms with Gasteiger partial charge in [-0.2, -0.15) is 0 Å². The number of pyridine rings is 2. The number of hydrogen-bond acceptors (Lipinski definition) is 4. The topological polar surface area (TPSA) is 46.8 Å². The molecule has 1 saturated heterocycles. The SMILES string of the molecule is Cc1nc2ccccc2n1C1CCN(Cc2ccc(-c3nc4ncccc4cc3-c3ccccc3)cc2)CC1. The van der Waals surface area contributed by atoms with Gasteiger partial charge >= 0.3 is 0 Å². The van der Waals surface area contributed by atoms with Gasteiger partial charge in [0.15, 0.2) is 5.65 Å². The van der Waals surface area contributed by atoms with E-state index >= 15 is 0 Å². The lowest BCUT2D eigenvalue weighted by Gasteiger charge is -2.33. The lowest BCUT2D eigenvalue weighted by atomic mass is 9.97. The van der Waals surface area contributed by atoms with E-state index in [1.807, 2.05) is 12.3 Å². The number of imidazole rings is 1. The van der Waals surface area contributed by atoms with Crippen molar-refractivity contribution in [2.24, 2.45) is 0 Å². The Morgan fingerprint density at radius 1 is 0.769 bits per heavy atom. The van der Waals surface area contributed by atoms with Gasteiger partial charge in [-0.05, 0) is 61.2 Å². The molecule has 39 heavy (non-hydrogen) atoms. The van der Waals surface area contributed by atoms with Crippen LogP contribution in [-0.4, -0.2) is 37.5 Å². The average molecular weight is 510 g/mol. The minimum atomic E-state index is 0.514. The summed E-state index contributed by atoms with van der Waals surface area (Å²) in [6.45, 7) is 5.29. The molecule has 0 radical (unpaired) electrons. The normalized spacial score (nSPS) is 14.8. The van der Waals surface area contributed by atoms with E-state index in [0.717, 1.165) is 71.7 Å². The van der Waals surface area contributed by atoms with Crippen LogP contribution in [0.1, 0.15) is 30.3 Å². The number of aryl methyl sites for hydroxylation is 1. The molecule has 0 saturated carbocycles. The second-order valence-electron chi connectivity index (χ2n) is 10.5. The van der Waals surface area contributed by atoms with Crippen LogP contribution in [0.5, 0.6) is 0 Å². The van der Waals surface area contributed by atoms with Crippen molar-refractivity contribution in [3.63, 3.8) is 0 Å². The molecule has 3 aromatic carbocycles. The Balaban J connectivity index is 1.09. The summed E-state index contributed by atoms with van der Waals surface area (Å²) in [7, 11) is 0. The van der Waals surface area contributed by atoms with Crippen LogP contribution in [0.4, 0.5) is 0 Å². The predicted molar refractivity (Wildman–Crippen MR) is 158 cm³/mol. The number of likely N-dealkylation sites (tertiary alicyclic amines) is 1. The van der Waals surface area contributed by atoms with E-state index in [1.54, 1.807) is 0 Å². The Morgan fingerprint density at radius 2 is 1.54 bits per heavy atom. The highest BCUT2D eigenvalue weighted by Crippen LogP contribution is 2.34. The maximum Gasteiger partial charge on any atom is 0.159 e. The van der Waals surface area contributed by atoms with Crippen molar-refractivity contribution in [2.45, 2.75) is 32.4 Å². The zero-order valence-corrected chi connectivity index (χ0v) is 22.2. The van der Waals surface area contributed by atoms with Gasteiger partial charge in [-0.25, -0.2) is 15.0 Å². The average Bonchev–Trinajstić information content (AvgIpc) is 3.33. The first-order valence-electron chi connectivity index (χ1n) is 13.8. The van der Waals surface area contributed by atoms with E-state index in [1.165, 1.54) is 16.6 Å². The first kappa shape index (κ1) is 23.7. The molecule has 0 unspecified atom stereocenters. The quantitative estimate of drug-likeness (QED) is 0.242. The van der Waals surface area contributed by atoms with Crippen LogP contribution >= 0.6 is 0 Å². The van der Waals surface area contributed by atoms with E-state index in [4.69, 9.17) is 9.97 Å². The molecule has 0 bridgehead atoms. The molecule has 0 N–H and O–H groups in total. The largest absolute Gasteiger partial charge is 0.325 e. The van der Waals surface area contributed by atoms with E-state index in [0.29, 0.717) is 6.04 Å². The molecule has 5 heteroatoms. The van der Waals surface area contributed by atoms with E-state index in [9.17, 15) is 0 Å². The molecular formula is C34H31N5. The Hall–Kier alpha value is -4.35. The van der Waals surface area contributed by atoms with Crippen molar-refractivity contribution in [1.82, 2.24) is 24.4 Å². The fourth-order valence-electron chi connectivity index (χ4n) is 6.05. The van der Waals surface area contributed by atoms with Gasteiger partial charge in [-0.15, -0.1) is 0 Å². The van der Waals surface area contributed by atoms with Gasteiger partial charge < -0.3 is 4.57 Å². The summed E-state index contributed by atoms with van der Waals surface area (Å²) >= 11 is 0. The smallest absolute Gasteiger partial charge is 0.159 e. The number of fused-ring (bicyclic) bond motifs is 2. The molecule has 0 atom stereocenters. The third-order valence-corrected chi connectivity index (χ3v) is 8.00. The molecule has 5 nitrogen and oxygen atoms in total. The van der Waals surface area contributed by atoms with Crippen molar-refractivity contribution in [1.29, 1.82) is 0 Å². The molecular weight excluding hydrogens is 478 g/mol. The van der Waals surface area contributed by atoms with Crippen LogP contribution in [0.25, 0.3) is 44.5 Å². The summed E-state index contributed by atoms with van der Waals surface area (Å²) in [6.07, 6.45) is 4.10. The summed E-state index contributed by atoms with van der Waals surface area (Å²) in [5.41, 5.74) is 8.86. The molecule has 0 amide bonds. The lowest BCUT2D eigenvalue weighted by molar-refractivity contribution is 0.180. The molecule has 1 aliphatic rings. The van der Waals surface area contributed by atoms with Crippen LogP contribution in [0, 0.1) is 6.92 Å². The third-order valence-electron chi connectivity index (χ3n) is 8.00. The van der Waals surface area contributed by atoms with Crippen molar-refractivity contribution in [3.8, 4) is 22.4 Å². The van der Waals surface area contributed by atoms with Crippen LogP contribution in [0.15, 0.2) is 103 Å². The fraction of sp³-hybridized carbons (Fsp3) is 0.206. The standard InChI is InChI=1S/C34H31N5/c1-24-36-31-11-5-6-12-32(31)39(24)29-17-20-38(21-18-29)23-25-13-15-27(16-14-25)33-30(26-8-3-2-4-9-26)22-28-10-7-19-35-34(28)37-33/h2-16,19,22,29H,17-18,20-21,23H2,1H3. The van der Waals surface area contributed by atoms with Crippen LogP contribution < -0.4 is 0 Å². The molecule has 1 fully saturated rings. The number of hydrogen-bond donors (Lipinski definition) is 0. The minimum absolute atomic E-state index is 0.514. The Kier molecular flexibility index (Phi) is 6.14. The van der Waals surface area contributed by atoms with E-state index in [2.05, 4.69) is 112 Å². The van der Waals surface area contributed by atoms with Gasteiger partial charge in [-0.1, -0.05) is 66.7 Å². The number of aromatic nitrogens is 4. The van der Waals surface area contributed by atoms with Crippen molar-refractivity contribution < 1.29 is 0 Å². The lowest BCUT2D eigenvalue weighted by Crippen LogP contribution is -2.34. The highest BCUT2D eigenvalue weighted by molar-refractivity contribution is 5.90. The minimum Gasteiger partial charge on any atom is -0.325 e. The van der Waals surface area contributed by atoms with E-state index in [-0.39, 0.29) is 0 Å². The number of benzene rings is 3. The summed E-state index contributed by atoms with van der Waals surface area (Å²) < 4.78 is 2.46. The van der Waals surface area contributed by atoms with Gasteiger partial charge in [-0.3, -0.25) is 4.90 Å². The fourth-order valence-corrected chi connectivity index (χ4v) is 6.05. The molecule has 3 aromatic heterocycles. The molecule has 0 aliphatic carbocycles. The number of para-hydroxylation sites is 2. The summed E-state index contributed by atoms with van der Waals surface area (Å²) in [5.74, 6) is 1.12. The van der Waals surface area contributed by atoms with Crippen LogP contribution in [0.2, 0.25) is 0 Å². The number of piperidine rings is 1. The highest BCUT2D eigenvalue weighted by atomic mass is 15.2. The van der Waals surface area contributed by atoms with Gasteiger partial charge in [0.05, 0.1) is 16.7 Å². The molecule has 4 heterocycles. The molecule has 192 valence electrons. The van der Waals surface area contributed by atoms with Crippen molar-refractivity contribution >= 4 is 22.1 Å². The predicted octanol–water partition coefficient (Wildman–Crippen LogP) is 7.46. The van der Waals surface area contributed by atoms with Gasteiger partial charge in [0, 0.05) is 48.4 Å². The second-order valence-corrected chi connectivity index (χ2v) is 10.5. The van der Waals surface area contributed by atoms with Crippen molar-refractivity contribution in [2.75, 3.05) is 13.1 Å². The summed E-state index contributed by atoms with van der Waals surface area (Å²) in [6, 6.07) is 34.7. The maximum absolute atomic E-state index is 5.00. The van der Waals surface area contributed by atoms with Gasteiger partial charge in [0.1, 0.15) is 5.82 Å². The highest BCUT2D eigenvalue weighted by Gasteiger charge is 2.23. The van der Waals surface area contributed by atoms with Crippen molar-refractivity contribution in [3.05, 3.63) is 115 Å². The van der Waals surface area contributed by atoms with E-state index < -0.39 is 0 Å². The number of rotatable bonds is 5. The Labute approximate surface area is 228 Å². The van der Waals surface area contributed by atoms with Gasteiger partial charge in [0.2, 0.25) is 0 Å². The molecule has 0 spiro atoms. The molecule has 1 aliphatic heterocycles. The first-order chi connectivity index (χ1) is 19.2. The summed E-state index contributed by atoms with van der Waals surface area (Å²) in [4.78, 5) is 16.9. The molecule has 7 rings (SSSR count). The van der Waals surface area contributed by atoms with Gasteiger partial charge in [0.25, 0.3) is 0 Å². The Morgan fingerprint density at radius 3 is 2.36 bits per heavy atom. The second kappa shape index (κ2) is 10.1. The van der Waals surface area contributed by atoms with Crippen LogP contribution in [0.3, 0.4) is 0 Å².